The van der Waals surface area contributed by atoms with Gasteiger partial charge < -0.3 is 15.7 Å². The minimum absolute atomic E-state index is 0.0524. The Labute approximate surface area is 123 Å². The van der Waals surface area contributed by atoms with Gasteiger partial charge in [0.1, 0.15) is 0 Å². The third kappa shape index (κ3) is 5.19. The van der Waals surface area contributed by atoms with Gasteiger partial charge in [0.25, 0.3) is 0 Å². The van der Waals surface area contributed by atoms with E-state index < -0.39 is 17.9 Å². The molecule has 1 aromatic carbocycles. The van der Waals surface area contributed by atoms with Gasteiger partial charge in [-0.05, 0) is 24.1 Å². The third-order valence-electron chi connectivity index (χ3n) is 3.06. The maximum atomic E-state index is 11.6. The molecule has 3 N–H and O–H groups in total. The number of hydrogen-bond donors (Lipinski definition) is 3. The van der Waals surface area contributed by atoms with Crippen molar-refractivity contribution in [2.45, 2.75) is 26.4 Å². The summed E-state index contributed by atoms with van der Waals surface area (Å²) in [6, 6.07) is 6.51. The first-order valence-electron chi connectivity index (χ1n) is 6.46. The van der Waals surface area contributed by atoms with Crippen molar-refractivity contribution in [1.82, 2.24) is 5.32 Å². The Kier molecular flexibility index (Phi) is 6.48. The van der Waals surface area contributed by atoms with Gasteiger partial charge in [-0.2, -0.15) is 0 Å². The van der Waals surface area contributed by atoms with Crippen molar-refractivity contribution in [3.63, 3.8) is 0 Å². The van der Waals surface area contributed by atoms with E-state index in [1.165, 1.54) is 0 Å². The van der Waals surface area contributed by atoms with Crippen LogP contribution in [-0.4, -0.2) is 29.6 Å². The fourth-order valence-corrected chi connectivity index (χ4v) is 1.70. The Morgan fingerprint density at radius 1 is 1.35 bits per heavy atom. The van der Waals surface area contributed by atoms with Crippen LogP contribution in [0.4, 0.5) is 5.69 Å². The van der Waals surface area contributed by atoms with Gasteiger partial charge in [0.2, 0.25) is 0 Å². The molecule has 5 nitrogen and oxygen atoms in total. The van der Waals surface area contributed by atoms with Gasteiger partial charge >= 0.3 is 11.8 Å². The standard InChI is InChI=1S/C14H19ClN2O3/c1-3-9(2)12(18)8-16-13(19)14(20)17-11-6-4-5-10(15)7-11/h4-7,9,12,18H,3,8H2,1-2H3,(H,16,19)(H,17,20). The van der Waals surface area contributed by atoms with Crippen molar-refractivity contribution < 1.29 is 14.7 Å². The summed E-state index contributed by atoms with van der Waals surface area (Å²) in [4.78, 5) is 23.2. The molecule has 110 valence electrons. The van der Waals surface area contributed by atoms with Gasteiger partial charge in [0.15, 0.2) is 0 Å². The first-order valence-corrected chi connectivity index (χ1v) is 6.84. The van der Waals surface area contributed by atoms with E-state index in [4.69, 9.17) is 11.6 Å². The van der Waals surface area contributed by atoms with Crippen molar-refractivity contribution in [3.05, 3.63) is 29.3 Å². The predicted molar refractivity (Wildman–Crippen MR) is 78.6 cm³/mol. The summed E-state index contributed by atoms with van der Waals surface area (Å²) in [7, 11) is 0. The van der Waals surface area contributed by atoms with Crippen LogP contribution in [0.3, 0.4) is 0 Å². The van der Waals surface area contributed by atoms with Crippen LogP contribution in [-0.2, 0) is 9.59 Å². The van der Waals surface area contributed by atoms with Gasteiger partial charge in [-0.3, -0.25) is 9.59 Å². The van der Waals surface area contributed by atoms with Gasteiger partial charge in [-0.15, -0.1) is 0 Å². The second-order valence-corrected chi connectivity index (χ2v) is 5.06. The zero-order valence-corrected chi connectivity index (χ0v) is 12.3. The molecule has 0 fully saturated rings. The highest BCUT2D eigenvalue weighted by atomic mass is 35.5. The Balaban J connectivity index is 2.46. The number of hydrogen-bond acceptors (Lipinski definition) is 3. The summed E-state index contributed by atoms with van der Waals surface area (Å²) in [5, 5.41) is 15.0. The second kappa shape index (κ2) is 7.87. The largest absolute Gasteiger partial charge is 0.391 e. The summed E-state index contributed by atoms with van der Waals surface area (Å²) >= 11 is 5.78. The van der Waals surface area contributed by atoms with Crippen LogP contribution in [0, 0.1) is 5.92 Å². The van der Waals surface area contributed by atoms with E-state index in [9.17, 15) is 14.7 Å². The molecule has 0 aromatic heterocycles. The molecule has 0 radical (unpaired) electrons. The van der Waals surface area contributed by atoms with E-state index in [1.54, 1.807) is 24.3 Å². The number of aliphatic hydroxyl groups is 1. The zero-order valence-electron chi connectivity index (χ0n) is 11.5. The summed E-state index contributed by atoms with van der Waals surface area (Å²) < 4.78 is 0. The number of rotatable bonds is 5. The lowest BCUT2D eigenvalue weighted by Gasteiger charge is -2.17. The molecule has 0 heterocycles. The number of nitrogens with one attached hydrogen (secondary N) is 2. The number of amides is 2. The molecule has 0 spiro atoms. The Hall–Kier alpha value is -1.59. The van der Waals surface area contributed by atoms with Crippen molar-refractivity contribution in [2.24, 2.45) is 5.92 Å². The summed E-state index contributed by atoms with van der Waals surface area (Å²) in [6.45, 7) is 3.88. The molecular formula is C14H19ClN2O3. The molecule has 6 heteroatoms. The smallest absolute Gasteiger partial charge is 0.313 e. The van der Waals surface area contributed by atoms with Crippen molar-refractivity contribution in [3.8, 4) is 0 Å². The number of benzene rings is 1. The topological polar surface area (TPSA) is 78.4 Å². The normalized spacial score (nSPS) is 13.4. The lowest BCUT2D eigenvalue weighted by Crippen LogP contribution is -2.41. The van der Waals surface area contributed by atoms with E-state index in [1.807, 2.05) is 13.8 Å². The van der Waals surface area contributed by atoms with E-state index in [-0.39, 0.29) is 12.5 Å². The first-order chi connectivity index (χ1) is 9.43. The van der Waals surface area contributed by atoms with Crippen molar-refractivity contribution in [1.29, 1.82) is 0 Å². The quantitative estimate of drug-likeness (QED) is 0.725. The highest BCUT2D eigenvalue weighted by Gasteiger charge is 2.17. The number of carbonyl (C=O) groups excluding carboxylic acids is 2. The van der Waals surface area contributed by atoms with E-state index in [0.717, 1.165) is 6.42 Å². The average molecular weight is 299 g/mol. The molecule has 0 saturated heterocycles. The molecular weight excluding hydrogens is 280 g/mol. The molecule has 2 unspecified atom stereocenters. The third-order valence-corrected chi connectivity index (χ3v) is 3.30. The van der Waals surface area contributed by atoms with Gasteiger partial charge in [-0.25, -0.2) is 0 Å². The molecule has 20 heavy (non-hydrogen) atoms. The number of halogens is 1. The Morgan fingerprint density at radius 3 is 2.65 bits per heavy atom. The SMILES string of the molecule is CCC(C)C(O)CNC(=O)C(=O)Nc1cccc(Cl)c1. The fourth-order valence-electron chi connectivity index (χ4n) is 1.50. The van der Waals surface area contributed by atoms with Crippen molar-refractivity contribution >= 4 is 29.1 Å². The van der Waals surface area contributed by atoms with Gasteiger partial charge in [-0.1, -0.05) is 37.9 Å². The van der Waals surface area contributed by atoms with Crippen LogP contribution in [0.15, 0.2) is 24.3 Å². The number of aliphatic hydroxyl groups excluding tert-OH is 1. The average Bonchev–Trinajstić information content (AvgIpc) is 2.43. The predicted octanol–water partition coefficient (Wildman–Crippen LogP) is 1.80. The Morgan fingerprint density at radius 2 is 2.05 bits per heavy atom. The molecule has 0 saturated carbocycles. The Bertz CT molecular complexity index is 479. The lowest BCUT2D eigenvalue weighted by atomic mass is 10.0. The molecule has 1 rings (SSSR count). The molecule has 0 aliphatic heterocycles. The lowest BCUT2D eigenvalue weighted by molar-refractivity contribution is -0.136. The van der Waals surface area contributed by atoms with Gasteiger partial charge in [0, 0.05) is 17.3 Å². The highest BCUT2D eigenvalue weighted by Crippen LogP contribution is 2.14. The summed E-state index contributed by atoms with van der Waals surface area (Å²) in [6.07, 6.45) is 0.133. The number of anilines is 1. The second-order valence-electron chi connectivity index (χ2n) is 4.63. The van der Waals surface area contributed by atoms with Crippen LogP contribution in [0.5, 0.6) is 0 Å². The fraction of sp³-hybridized carbons (Fsp3) is 0.429. The van der Waals surface area contributed by atoms with Crippen LogP contribution >= 0.6 is 11.6 Å². The molecule has 2 amide bonds. The van der Waals surface area contributed by atoms with Crippen LogP contribution in [0.1, 0.15) is 20.3 Å². The maximum Gasteiger partial charge on any atom is 0.313 e. The van der Waals surface area contributed by atoms with Crippen LogP contribution in [0.2, 0.25) is 5.02 Å². The summed E-state index contributed by atoms with van der Waals surface area (Å²) in [5.41, 5.74) is 0.445. The first kappa shape index (κ1) is 16.5. The van der Waals surface area contributed by atoms with Gasteiger partial charge in [0.05, 0.1) is 6.10 Å². The van der Waals surface area contributed by atoms with E-state index >= 15 is 0 Å². The zero-order chi connectivity index (χ0) is 15.1. The summed E-state index contributed by atoms with van der Waals surface area (Å²) in [5.74, 6) is -1.51. The minimum Gasteiger partial charge on any atom is -0.391 e. The minimum atomic E-state index is -0.788. The van der Waals surface area contributed by atoms with E-state index in [0.29, 0.717) is 10.7 Å². The molecule has 0 bridgehead atoms. The van der Waals surface area contributed by atoms with Crippen molar-refractivity contribution in [2.75, 3.05) is 11.9 Å². The molecule has 1 aromatic rings. The van der Waals surface area contributed by atoms with Crippen LogP contribution in [0.25, 0.3) is 0 Å². The highest BCUT2D eigenvalue weighted by molar-refractivity contribution is 6.39. The van der Waals surface area contributed by atoms with E-state index in [2.05, 4.69) is 10.6 Å². The monoisotopic (exact) mass is 298 g/mol. The molecule has 2 atom stereocenters. The van der Waals surface area contributed by atoms with Crippen LogP contribution < -0.4 is 10.6 Å². The maximum absolute atomic E-state index is 11.6. The number of carbonyl (C=O) groups is 2. The molecule has 0 aliphatic rings. The molecule has 0 aliphatic carbocycles.